The van der Waals surface area contributed by atoms with Crippen molar-refractivity contribution in [2.24, 2.45) is 10.4 Å². The molecule has 152 valence electrons. The van der Waals surface area contributed by atoms with Crippen LogP contribution in [0.1, 0.15) is 69.4 Å². The van der Waals surface area contributed by atoms with Crippen LogP contribution in [-0.4, -0.2) is 43.0 Å². The van der Waals surface area contributed by atoms with Crippen LogP contribution in [0.15, 0.2) is 9.52 Å². The molecule has 0 radical (unpaired) electrons. The van der Waals surface area contributed by atoms with Crippen molar-refractivity contribution in [3.8, 4) is 0 Å². The van der Waals surface area contributed by atoms with Gasteiger partial charge in [0.2, 0.25) is 0 Å². The first kappa shape index (κ1) is 20.2. The maximum absolute atomic E-state index is 6.08. The summed E-state index contributed by atoms with van der Waals surface area (Å²) in [6.45, 7) is 10.6. The van der Waals surface area contributed by atoms with Gasteiger partial charge in [-0.3, -0.25) is 4.99 Å². The zero-order valence-electron chi connectivity index (χ0n) is 17.4. The molecule has 1 heterocycles. The number of nitrogens with one attached hydrogen (secondary N) is 2. The van der Waals surface area contributed by atoms with Crippen LogP contribution in [0.5, 0.6) is 0 Å². The van der Waals surface area contributed by atoms with Gasteiger partial charge >= 0.3 is 0 Å². The number of hydrogen-bond acceptors (Lipinski definition) is 4. The Bertz CT molecular complexity index is 615. The van der Waals surface area contributed by atoms with Gasteiger partial charge in [-0.2, -0.15) is 0 Å². The lowest BCUT2D eigenvalue weighted by Gasteiger charge is -2.58. The van der Waals surface area contributed by atoms with Crippen molar-refractivity contribution in [1.82, 2.24) is 15.8 Å². The number of nitrogens with zero attached hydrogens (tertiary/aromatic N) is 2. The maximum atomic E-state index is 6.08. The summed E-state index contributed by atoms with van der Waals surface area (Å²) in [5, 5.41) is 11.2. The first-order chi connectivity index (χ1) is 13.1. The Labute approximate surface area is 163 Å². The second-order valence-corrected chi connectivity index (χ2v) is 7.98. The molecule has 0 saturated heterocycles. The van der Waals surface area contributed by atoms with Gasteiger partial charge in [-0.05, 0) is 53.4 Å². The molecule has 2 fully saturated rings. The van der Waals surface area contributed by atoms with Crippen LogP contribution in [0.25, 0.3) is 0 Å². The topological polar surface area (TPSA) is 71.7 Å². The van der Waals surface area contributed by atoms with Crippen molar-refractivity contribution in [2.75, 3.05) is 19.7 Å². The molecule has 2 unspecified atom stereocenters. The van der Waals surface area contributed by atoms with Gasteiger partial charge in [-0.1, -0.05) is 24.4 Å². The molecule has 2 aliphatic carbocycles. The zero-order chi connectivity index (χ0) is 19.3. The van der Waals surface area contributed by atoms with Crippen molar-refractivity contribution < 1.29 is 9.26 Å². The molecule has 2 aliphatic rings. The van der Waals surface area contributed by atoms with Crippen LogP contribution in [-0.2, 0) is 11.2 Å². The van der Waals surface area contributed by atoms with Crippen LogP contribution < -0.4 is 10.6 Å². The fraction of sp³-hybridized carbons (Fsp3) is 0.810. The highest BCUT2D eigenvalue weighted by Crippen LogP contribution is 2.53. The van der Waals surface area contributed by atoms with E-state index in [1.165, 1.54) is 37.7 Å². The largest absolute Gasteiger partial charge is 0.378 e. The van der Waals surface area contributed by atoms with Gasteiger partial charge in [0.05, 0.1) is 11.8 Å². The molecule has 1 spiro atoms. The summed E-state index contributed by atoms with van der Waals surface area (Å²) < 4.78 is 11.3. The van der Waals surface area contributed by atoms with Gasteiger partial charge < -0.3 is 19.9 Å². The third-order valence-corrected chi connectivity index (χ3v) is 6.41. The smallest absolute Gasteiger partial charge is 0.191 e. The molecule has 2 atom stereocenters. The monoisotopic (exact) mass is 376 g/mol. The second-order valence-electron chi connectivity index (χ2n) is 7.98. The molecule has 2 saturated carbocycles. The van der Waals surface area contributed by atoms with E-state index >= 15 is 0 Å². The molecule has 0 amide bonds. The molecule has 0 aliphatic heterocycles. The summed E-state index contributed by atoms with van der Waals surface area (Å²) >= 11 is 0. The van der Waals surface area contributed by atoms with E-state index in [1.54, 1.807) is 0 Å². The number of rotatable bonds is 7. The van der Waals surface area contributed by atoms with Crippen molar-refractivity contribution in [3.05, 3.63) is 17.0 Å². The molecule has 6 nitrogen and oxygen atoms in total. The fourth-order valence-corrected chi connectivity index (χ4v) is 4.89. The average molecular weight is 377 g/mol. The maximum Gasteiger partial charge on any atom is 0.191 e. The summed E-state index contributed by atoms with van der Waals surface area (Å²) in [6, 6.07) is 0.464. The summed E-state index contributed by atoms with van der Waals surface area (Å²) in [4.78, 5) is 4.83. The lowest BCUT2D eigenvalue weighted by molar-refractivity contribution is -0.145. The molecule has 0 aromatic carbocycles. The highest BCUT2D eigenvalue weighted by atomic mass is 16.5. The van der Waals surface area contributed by atoms with Crippen LogP contribution in [0.2, 0.25) is 0 Å². The number of aromatic nitrogens is 1. The third kappa shape index (κ3) is 4.31. The van der Waals surface area contributed by atoms with Gasteiger partial charge in [0, 0.05) is 36.7 Å². The van der Waals surface area contributed by atoms with E-state index in [4.69, 9.17) is 14.3 Å². The quantitative estimate of drug-likeness (QED) is 0.563. The van der Waals surface area contributed by atoms with E-state index in [2.05, 4.69) is 29.6 Å². The van der Waals surface area contributed by atoms with Crippen molar-refractivity contribution in [3.63, 3.8) is 0 Å². The van der Waals surface area contributed by atoms with Gasteiger partial charge in [-0.25, -0.2) is 0 Å². The highest BCUT2D eigenvalue weighted by Gasteiger charge is 2.55. The number of hydrogen-bond donors (Lipinski definition) is 2. The molecule has 3 rings (SSSR count). The second kappa shape index (κ2) is 9.09. The van der Waals surface area contributed by atoms with Crippen LogP contribution >= 0.6 is 0 Å². The minimum Gasteiger partial charge on any atom is -0.378 e. The zero-order valence-corrected chi connectivity index (χ0v) is 17.4. The van der Waals surface area contributed by atoms with E-state index < -0.39 is 0 Å². The summed E-state index contributed by atoms with van der Waals surface area (Å²) in [5.74, 6) is 1.83. The van der Waals surface area contributed by atoms with Crippen LogP contribution in [0, 0.1) is 19.3 Å². The Balaban J connectivity index is 1.63. The van der Waals surface area contributed by atoms with Gasteiger partial charge in [0.25, 0.3) is 0 Å². The number of aryl methyl sites for hydroxylation is 2. The fourth-order valence-electron chi connectivity index (χ4n) is 4.89. The molecule has 2 N–H and O–H groups in total. The van der Waals surface area contributed by atoms with Crippen molar-refractivity contribution in [2.45, 2.75) is 84.8 Å². The van der Waals surface area contributed by atoms with E-state index in [-0.39, 0.29) is 0 Å². The SMILES string of the molecule is CCNC(=NCCc1c(C)noc1C)NC1CC(OCC)C12CCCCC2. The molecule has 6 heteroatoms. The Kier molecular flexibility index (Phi) is 6.79. The molecule has 27 heavy (non-hydrogen) atoms. The third-order valence-electron chi connectivity index (χ3n) is 6.41. The van der Waals surface area contributed by atoms with E-state index in [0.29, 0.717) is 17.6 Å². The van der Waals surface area contributed by atoms with E-state index in [1.807, 2.05) is 13.8 Å². The lowest BCUT2D eigenvalue weighted by atomic mass is 9.55. The first-order valence-corrected chi connectivity index (χ1v) is 10.7. The Morgan fingerprint density at radius 3 is 2.67 bits per heavy atom. The average Bonchev–Trinajstić information content (AvgIpc) is 3.00. The first-order valence-electron chi connectivity index (χ1n) is 10.7. The molecule has 0 bridgehead atoms. The van der Waals surface area contributed by atoms with Crippen molar-refractivity contribution >= 4 is 5.96 Å². The molecular formula is C21H36N4O2. The standard InChI is InChI=1S/C21H36N4O2/c1-5-22-20(23-13-10-17-15(3)25-27-16(17)4)24-18-14-19(26-6-2)21(18)11-8-7-9-12-21/h18-19H,5-14H2,1-4H3,(H2,22,23,24). The summed E-state index contributed by atoms with van der Waals surface area (Å²) in [7, 11) is 0. The lowest BCUT2D eigenvalue weighted by Crippen LogP contribution is -2.66. The summed E-state index contributed by atoms with van der Waals surface area (Å²) in [6.07, 6.45) is 8.89. The normalized spacial score (nSPS) is 24.7. The van der Waals surface area contributed by atoms with Gasteiger partial charge in [0.15, 0.2) is 5.96 Å². The van der Waals surface area contributed by atoms with Crippen molar-refractivity contribution in [1.29, 1.82) is 0 Å². The molecular weight excluding hydrogens is 340 g/mol. The van der Waals surface area contributed by atoms with E-state index in [9.17, 15) is 0 Å². The Morgan fingerprint density at radius 1 is 1.26 bits per heavy atom. The molecule has 1 aromatic heterocycles. The number of aliphatic imine (C=N–C) groups is 1. The molecule has 1 aromatic rings. The number of guanidine groups is 1. The van der Waals surface area contributed by atoms with Crippen LogP contribution in [0.3, 0.4) is 0 Å². The number of ether oxygens (including phenoxy) is 1. The predicted molar refractivity (Wildman–Crippen MR) is 108 cm³/mol. The van der Waals surface area contributed by atoms with E-state index in [0.717, 1.165) is 50.0 Å². The minimum atomic E-state index is 0.298. The van der Waals surface area contributed by atoms with Gasteiger partial charge in [-0.15, -0.1) is 0 Å². The minimum absolute atomic E-state index is 0.298. The van der Waals surface area contributed by atoms with Crippen LogP contribution in [0.4, 0.5) is 0 Å². The highest BCUT2D eigenvalue weighted by molar-refractivity contribution is 5.80. The van der Waals surface area contributed by atoms with Gasteiger partial charge in [0.1, 0.15) is 5.76 Å². The predicted octanol–water partition coefficient (Wildman–Crippen LogP) is 3.52. The summed E-state index contributed by atoms with van der Waals surface area (Å²) in [5.41, 5.74) is 2.45. The Morgan fingerprint density at radius 2 is 2.04 bits per heavy atom. The Hall–Kier alpha value is -1.56.